The summed E-state index contributed by atoms with van der Waals surface area (Å²) in [4.78, 5) is 15.0. The summed E-state index contributed by atoms with van der Waals surface area (Å²) in [5, 5.41) is 0.875. The monoisotopic (exact) mass is 382 g/mol. The van der Waals surface area contributed by atoms with Crippen LogP contribution in [0.4, 0.5) is 0 Å². The quantitative estimate of drug-likeness (QED) is 0.726. The molecule has 0 amide bonds. The average molecular weight is 383 g/mol. The van der Waals surface area contributed by atoms with Gasteiger partial charge < -0.3 is 4.98 Å². The first-order valence-electron chi connectivity index (χ1n) is 7.14. The summed E-state index contributed by atoms with van der Waals surface area (Å²) < 4.78 is 27.4. The second kappa shape index (κ2) is 6.33. The number of pyridine rings is 1. The number of rotatable bonds is 4. The molecule has 5 nitrogen and oxygen atoms in total. The van der Waals surface area contributed by atoms with E-state index in [2.05, 4.69) is 9.71 Å². The number of aromatic nitrogens is 1. The minimum absolute atomic E-state index is 0.0872. The number of aryl methyl sites for hydroxylation is 2. The number of hydrogen-bond donors (Lipinski definition) is 2. The first-order valence-corrected chi connectivity index (χ1v) is 9.82. The van der Waals surface area contributed by atoms with Crippen molar-refractivity contribution in [1.29, 1.82) is 0 Å². The molecule has 0 radical (unpaired) electrons. The molecular formula is C16H15ClN2O3S2. The Morgan fingerprint density at radius 1 is 1.21 bits per heavy atom. The lowest BCUT2D eigenvalue weighted by atomic mass is 10.1. The van der Waals surface area contributed by atoms with Crippen molar-refractivity contribution in [3.8, 4) is 0 Å². The van der Waals surface area contributed by atoms with Crippen molar-refractivity contribution in [2.75, 3.05) is 0 Å². The van der Waals surface area contributed by atoms with Crippen molar-refractivity contribution >= 4 is 43.9 Å². The highest BCUT2D eigenvalue weighted by atomic mass is 35.5. The van der Waals surface area contributed by atoms with Gasteiger partial charge in [-0.05, 0) is 49.1 Å². The Morgan fingerprint density at radius 2 is 1.96 bits per heavy atom. The van der Waals surface area contributed by atoms with Crippen LogP contribution in [-0.4, -0.2) is 13.4 Å². The largest absolute Gasteiger partial charge is 0.321 e. The van der Waals surface area contributed by atoms with E-state index in [4.69, 9.17) is 11.6 Å². The summed E-state index contributed by atoms with van der Waals surface area (Å²) in [5.74, 6) is 0. The van der Waals surface area contributed by atoms with Crippen LogP contribution in [0.1, 0.15) is 16.7 Å². The molecule has 0 bridgehead atoms. The lowest BCUT2D eigenvalue weighted by Gasteiger charge is -2.08. The van der Waals surface area contributed by atoms with Crippen LogP contribution < -0.4 is 10.3 Å². The van der Waals surface area contributed by atoms with Gasteiger partial charge >= 0.3 is 0 Å². The van der Waals surface area contributed by atoms with Crippen molar-refractivity contribution in [1.82, 2.24) is 9.71 Å². The maximum absolute atomic E-state index is 12.2. The minimum Gasteiger partial charge on any atom is -0.321 e. The predicted molar refractivity (Wildman–Crippen MR) is 97.4 cm³/mol. The third-order valence-corrected chi connectivity index (χ3v) is 6.76. The van der Waals surface area contributed by atoms with Gasteiger partial charge in [-0.15, -0.1) is 11.3 Å². The smallest absolute Gasteiger partial charge is 0.252 e. The molecule has 0 unspecified atom stereocenters. The first-order chi connectivity index (χ1) is 11.3. The molecule has 126 valence electrons. The second-order valence-electron chi connectivity index (χ2n) is 5.55. The summed E-state index contributed by atoms with van der Waals surface area (Å²) >= 11 is 6.74. The zero-order valence-electron chi connectivity index (χ0n) is 13.0. The molecule has 24 heavy (non-hydrogen) atoms. The van der Waals surface area contributed by atoms with E-state index >= 15 is 0 Å². The van der Waals surface area contributed by atoms with Gasteiger partial charge in [-0.2, -0.15) is 0 Å². The highest BCUT2D eigenvalue weighted by Gasteiger charge is 2.17. The maximum Gasteiger partial charge on any atom is 0.252 e. The van der Waals surface area contributed by atoms with Gasteiger partial charge in [0.1, 0.15) is 4.21 Å². The van der Waals surface area contributed by atoms with Gasteiger partial charge in [0.05, 0.1) is 9.85 Å². The summed E-state index contributed by atoms with van der Waals surface area (Å²) in [6.07, 6.45) is 0. The lowest BCUT2D eigenvalue weighted by molar-refractivity contribution is 0.583. The van der Waals surface area contributed by atoms with E-state index in [0.717, 1.165) is 33.4 Å². The number of benzene rings is 1. The summed E-state index contributed by atoms with van der Waals surface area (Å²) in [6, 6.07) is 8.62. The Balaban J connectivity index is 1.93. The molecule has 8 heteroatoms. The molecule has 3 rings (SSSR count). The van der Waals surface area contributed by atoms with E-state index in [1.807, 2.05) is 26.0 Å². The Labute approximate surface area is 148 Å². The van der Waals surface area contributed by atoms with E-state index in [9.17, 15) is 13.2 Å². The molecule has 0 aliphatic rings. The topological polar surface area (TPSA) is 79.0 Å². The van der Waals surface area contributed by atoms with Crippen molar-refractivity contribution in [2.45, 2.75) is 24.6 Å². The third kappa shape index (κ3) is 3.39. The molecule has 1 aromatic carbocycles. The molecule has 2 aromatic heterocycles. The summed E-state index contributed by atoms with van der Waals surface area (Å²) in [5.41, 5.74) is 2.87. The lowest BCUT2D eigenvalue weighted by Crippen LogP contribution is -2.26. The fraction of sp³-hybridized carbons (Fsp3) is 0.188. The number of thiophene rings is 1. The normalized spacial score (nSPS) is 12.0. The van der Waals surface area contributed by atoms with Crippen LogP contribution in [0.25, 0.3) is 10.9 Å². The fourth-order valence-corrected chi connectivity index (χ4v) is 5.08. The Kier molecular flexibility index (Phi) is 4.52. The number of sulfonamides is 1. The minimum atomic E-state index is -3.69. The molecule has 0 spiro atoms. The molecular weight excluding hydrogens is 368 g/mol. The first kappa shape index (κ1) is 17.2. The van der Waals surface area contributed by atoms with Crippen molar-refractivity contribution in [3.05, 3.63) is 61.7 Å². The summed E-state index contributed by atoms with van der Waals surface area (Å²) in [7, 11) is -3.69. The van der Waals surface area contributed by atoms with Crippen LogP contribution in [-0.2, 0) is 16.6 Å². The van der Waals surface area contributed by atoms with Gasteiger partial charge in [-0.25, -0.2) is 13.1 Å². The number of H-pyrrole nitrogens is 1. The SMILES string of the molecule is Cc1cc(C)c2[nH]c(=O)c(CNS(=O)(=O)c3ccc(Cl)s3)cc2c1. The third-order valence-electron chi connectivity index (χ3n) is 3.64. The number of fused-ring (bicyclic) bond motifs is 1. The van der Waals surface area contributed by atoms with E-state index in [-0.39, 0.29) is 16.3 Å². The van der Waals surface area contributed by atoms with Crippen LogP contribution in [0.3, 0.4) is 0 Å². The van der Waals surface area contributed by atoms with Crippen LogP contribution >= 0.6 is 22.9 Å². The number of hydrogen-bond acceptors (Lipinski definition) is 4. The van der Waals surface area contributed by atoms with Crippen molar-refractivity contribution in [2.24, 2.45) is 0 Å². The average Bonchev–Trinajstić information content (AvgIpc) is 2.93. The highest BCUT2D eigenvalue weighted by Crippen LogP contribution is 2.25. The molecule has 0 atom stereocenters. The Bertz CT molecular complexity index is 1080. The molecule has 0 saturated heterocycles. The number of halogens is 1. The highest BCUT2D eigenvalue weighted by molar-refractivity contribution is 7.91. The zero-order valence-corrected chi connectivity index (χ0v) is 15.4. The molecule has 0 saturated carbocycles. The van der Waals surface area contributed by atoms with E-state index in [1.165, 1.54) is 12.1 Å². The fourth-order valence-electron chi connectivity index (χ4n) is 2.55. The molecule has 0 aliphatic heterocycles. The van der Waals surface area contributed by atoms with Gasteiger partial charge in [0.2, 0.25) is 10.0 Å². The molecule has 0 aliphatic carbocycles. The van der Waals surface area contributed by atoms with Crippen LogP contribution in [0.2, 0.25) is 4.34 Å². The van der Waals surface area contributed by atoms with Gasteiger partial charge in [-0.1, -0.05) is 23.2 Å². The van der Waals surface area contributed by atoms with Gasteiger partial charge in [0, 0.05) is 12.1 Å². The number of aromatic amines is 1. The summed E-state index contributed by atoms with van der Waals surface area (Å²) in [6.45, 7) is 3.81. The van der Waals surface area contributed by atoms with E-state index in [0.29, 0.717) is 9.90 Å². The van der Waals surface area contributed by atoms with Crippen LogP contribution in [0.5, 0.6) is 0 Å². The van der Waals surface area contributed by atoms with Crippen molar-refractivity contribution in [3.63, 3.8) is 0 Å². The van der Waals surface area contributed by atoms with Crippen molar-refractivity contribution < 1.29 is 8.42 Å². The Hall–Kier alpha value is -1.67. The zero-order chi connectivity index (χ0) is 17.5. The number of nitrogens with one attached hydrogen (secondary N) is 2. The molecule has 2 N–H and O–H groups in total. The van der Waals surface area contributed by atoms with Crippen LogP contribution in [0.15, 0.2) is 39.3 Å². The van der Waals surface area contributed by atoms with Crippen LogP contribution in [0, 0.1) is 13.8 Å². The maximum atomic E-state index is 12.2. The van der Waals surface area contributed by atoms with E-state index < -0.39 is 10.0 Å². The molecule has 2 heterocycles. The molecule has 0 fully saturated rings. The standard InChI is InChI=1S/C16H15ClN2O3S2/c1-9-5-10(2)15-11(6-9)7-12(16(20)19-15)8-18-24(21,22)14-4-3-13(17)23-14/h3-7,18H,8H2,1-2H3,(H,19,20). The Morgan fingerprint density at radius 3 is 2.62 bits per heavy atom. The van der Waals surface area contributed by atoms with Gasteiger partial charge in [0.15, 0.2) is 0 Å². The van der Waals surface area contributed by atoms with Gasteiger partial charge in [-0.3, -0.25) is 4.79 Å². The van der Waals surface area contributed by atoms with Gasteiger partial charge in [0.25, 0.3) is 5.56 Å². The van der Waals surface area contributed by atoms with E-state index in [1.54, 1.807) is 6.07 Å². The second-order valence-corrected chi connectivity index (χ2v) is 9.26. The predicted octanol–water partition coefficient (Wildman–Crippen LogP) is 3.34. The molecule has 3 aromatic rings.